The second kappa shape index (κ2) is 8.20. The lowest BCUT2D eigenvalue weighted by molar-refractivity contribution is 0.0645. The second-order valence-corrected chi connectivity index (χ2v) is 6.47. The zero-order valence-corrected chi connectivity index (χ0v) is 15.2. The number of carbonyl (C=O) groups excluding carboxylic acids is 1. The lowest BCUT2D eigenvalue weighted by atomic mass is 10.1. The van der Waals surface area contributed by atoms with Crippen molar-refractivity contribution in [3.05, 3.63) is 43.2 Å². The van der Waals surface area contributed by atoms with Crippen molar-refractivity contribution in [2.45, 2.75) is 18.9 Å². The SMILES string of the molecule is O=C(OCCF)N1CCC(Oc2cnc3c(ccn3-c3cncnc3)c2)CC1. The van der Waals surface area contributed by atoms with Crippen LogP contribution in [0.15, 0.2) is 43.2 Å². The van der Waals surface area contributed by atoms with Crippen LogP contribution in [0, 0.1) is 0 Å². The number of carbonyl (C=O) groups is 1. The molecule has 1 fully saturated rings. The molecule has 0 bridgehead atoms. The fourth-order valence-corrected chi connectivity index (χ4v) is 3.26. The van der Waals surface area contributed by atoms with E-state index in [9.17, 15) is 9.18 Å². The number of alkyl halides is 1. The molecule has 0 radical (unpaired) electrons. The maximum absolute atomic E-state index is 12.1. The van der Waals surface area contributed by atoms with Gasteiger partial charge < -0.3 is 14.4 Å². The molecule has 0 atom stereocenters. The average molecular weight is 385 g/mol. The summed E-state index contributed by atoms with van der Waals surface area (Å²) in [7, 11) is 0. The normalized spacial score (nSPS) is 15.0. The summed E-state index contributed by atoms with van der Waals surface area (Å²) in [6.45, 7) is 0.182. The van der Waals surface area contributed by atoms with Crippen LogP contribution in [0.4, 0.5) is 9.18 Å². The van der Waals surface area contributed by atoms with Crippen molar-refractivity contribution in [1.29, 1.82) is 0 Å². The zero-order valence-electron chi connectivity index (χ0n) is 15.2. The van der Waals surface area contributed by atoms with Gasteiger partial charge in [-0.2, -0.15) is 0 Å². The average Bonchev–Trinajstić information content (AvgIpc) is 3.16. The molecule has 3 aromatic heterocycles. The van der Waals surface area contributed by atoms with Crippen molar-refractivity contribution in [3.63, 3.8) is 0 Å². The van der Waals surface area contributed by atoms with Crippen molar-refractivity contribution in [2.75, 3.05) is 26.4 Å². The third kappa shape index (κ3) is 3.88. The summed E-state index contributed by atoms with van der Waals surface area (Å²) in [5.41, 5.74) is 1.64. The largest absolute Gasteiger partial charge is 0.489 e. The predicted octanol–water partition coefficient (Wildman–Crippen LogP) is 2.76. The van der Waals surface area contributed by atoms with E-state index in [-0.39, 0.29) is 12.7 Å². The van der Waals surface area contributed by atoms with Gasteiger partial charge in [0.2, 0.25) is 0 Å². The van der Waals surface area contributed by atoms with Gasteiger partial charge in [0.05, 0.1) is 24.3 Å². The fourth-order valence-electron chi connectivity index (χ4n) is 3.26. The van der Waals surface area contributed by atoms with Crippen LogP contribution in [0.25, 0.3) is 16.7 Å². The number of piperidine rings is 1. The van der Waals surface area contributed by atoms with Gasteiger partial charge in [0.25, 0.3) is 0 Å². The van der Waals surface area contributed by atoms with Crippen LogP contribution in [0.5, 0.6) is 5.75 Å². The molecule has 0 N–H and O–H groups in total. The number of amides is 1. The summed E-state index contributed by atoms with van der Waals surface area (Å²) in [5, 5.41) is 0.952. The van der Waals surface area contributed by atoms with Gasteiger partial charge in [-0.1, -0.05) is 0 Å². The lowest BCUT2D eigenvalue weighted by Crippen LogP contribution is -2.42. The number of fused-ring (bicyclic) bond motifs is 1. The van der Waals surface area contributed by atoms with Crippen LogP contribution in [0.2, 0.25) is 0 Å². The Balaban J connectivity index is 1.39. The van der Waals surface area contributed by atoms with Crippen molar-refractivity contribution < 1.29 is 18.7 Å². The number of aromatic nitrogens is 4. The molecule has 1 saturated heterocycles. The number of hydrogen-bond acceptors (Lipinski definition) is 6. The van der Waals surface area contributed by atoms with E-state index in [0.29, 0.717) is 31.7 Å². The molecule has 1 aliphatic rings. The summed E-state index contributed by atoms with van der Waals surface area (Å²) in [6, 6.07) is 3.91. The van der Waals surface area contributed by atoms with E-state index >= 15 is 0 Å². The van der Waals surface area contributed by atoms with Crippen molar-refractivity contribution in [2.24, 2.45) is 0 Å². The number of ether oxygens (including phenoxy) is 2. The van der Waals surface area contributed by atoms with Gasteiger partial charge in [0.1, 0.15) is 37.1 Å². The van der Waals surface area contributed by atoms with Gasteiger partial charge in [-0.15, -0.1) is 0 Å². The number of rotatable bonds is 5. The van der Waals surface area contributed by atoms with E-state index in [4.69, 9.17) is 9.47 Å². The number of halogens is 1. The smallest absolute Gasteiger partial charge is 0.409 e. The molecule has 1 amide bonds. The minimum absolute atomic E-state index is 0.00548. The molecule has 146 valence electrons. The highest BCUT2D eigenvalue weighted by atomic mass is 19.1. The maximum Gasteiger partial charge on any atom is 0.409 e. The Hall–Kier alpha value is -3.23. The molecular weight excluding hydrogens is 365 g/mol. The third-order valence-electron chi connectivity index (χ3n) is 4.63. The second-order valence-electron chi connectivity index (χ2n) is 6.47. The first-order valence-corrected chi connectivity index (χ1v) is 9.11. The minimum Gasteiger partial charge on any atom is -0.489 e. The predicted molar refractivity (Wildman–Crippen MR) is 99.2 cm³/mol. The Morgan fingerprint density at radius 3 is 2.75 bits per heavy atom. The Morgan fingerprint density at radius 2 is 2.00 bits per heavy atom. The molecule has 4 heterocycles. The highest BCUT2D eigenvalue weighted by Crippen LogP contribution is 2.24. The van der Waals surface area contributed by atoms with Gasteiger partial charge in [0.15, 0.2) is 0 Å². The quantitative estimate of drug-likeness (QED) is 0.672. The van der Waals surface area contributed by atoms with Crippen molar-refractivity contribution in [3.8, 4) is 11.4 Å². The van der Waals surface area contributed by atoms with Gasteiger partial charge >= 0.3 is 6.09 Å². The topological polar surface area (TPSA) is 82.4 Å². The lowest BCUT2D eigenvalue weighted by Gasteiger charge is -2.31. The van der Waals surface area contributed by atoms with E-state index in [0.717, 1.165) is 16.7 Å². The molecule has 9 heteroatoms. The number of likely N-dealkylation sites (tertiary alicyclic amines) is 1. The molecule has 0 aliphatic carbocycles. The van der Waals surface area contributed by atoms with Crippen LogP contribution in [0.1, 0.15) is 12.8 Å². The highest BCUT2D eigenvalue weighted by Gasteiger charge is 2.25. The molecule has 3 aromatic rings. The molecular formula is C19H20FN5O3. The van der Waals surface area contributed by atoms with Crippen LogP contribution in [-0.4, -0.2) is 63.0 Å². The number of hydrogen-bond donors (Lipinski definition) is 0. The van der Waals surface area contributed by atoms with Gasteiger partial charge in [-0.05, 0) is 12.1 Å². The van der Waals surface area contributed by atoms with Crippen LogP contribution >= 0.6 is 0 Å². The van der Waals surface area contributed by atoms with E-state index in [1.807, 2.05) is 22.9 Å². The molecule has 4 rings (SSSR count). The van der Waals surface area contributed by atoms with Gasteiger partial charge in [-0.3, -0.25) is 4.57 Å². The summed E-state index contributed by atoms with van der Waals surface area (Å²) >= 11 is 0. The van der Waals surface area contributed by atoms with E-state index in [1.165, 1.54) is 6.33 Å². The molecule has 1 aliphatic heterocycles. The van der Waals surface area contributed by atoms with Gasteiger partial charge in [0, 0.05) is 37.5 Å². The molecule has 0 saturated carbocycles. The van der Waals surface area contributed by atoms with Crippen LogP contribution in [-0.2, 0) is 4.74 Å². The third-order valence-corrected chi connectivity index (χ3v) is 4.63. The summed E-state index contributed by atoms with van der Waals surface area (Å²) in [6.07, 6.45) is 9.46. The first-order chi connectivity index (χ1) is 13.7. The van der Waals surface area contributed by atoms with E-state index in [2.05, 4.69) is 15.0 Å². The van der Waals surface area contributed by atoms with Crippen molar-refractivity contribution in [1.82, 2.24) is 24.4 Å². The monoisotopic (exact) mass is 385 g/mol. The maximum atomic E-state index is 12.1. The molecule has 0 aromatic carbocycles. The Bertz CT molecular complexity index is 941. The summed E-state index contributed by atoms with van der Waals surface area (Å²) in [4.78, 5) is 25.9. The van der Waals surface area contributed by atoms with Crippen molar-refractivity contribution >= 4 is 17.1 Å². The fraction of sp³-hybridized carbons (Fsp3) is 0.368. The summed E-state index contributed by atoms with van der Waals surface area (Å²) in [5.74, 6) is 0.688. The standard InChI is InChI=1S/C19H20FN5O3/c20-4-8-27-19(26)24-5-2-16(3-6-24)28-17-9-14-1-7-25(18(14)23-12-17)15-10-21-13-22-11-15/h1,7,9-13,16H,2-6,8H2. The first-order valence-electron chi connectivity index (χ1n) is 9.11. The minimum atomic E-state index is -0.667. The Kier molecular flexibility index (Phi) is 5.31. The van der Waals surface area contributed by atoms with E-state index < -0.39 is 12.8 Å². The highest BCUT2D eigenvalue weighted by molar-refractivity contribution is 5.79. The Labute approximate surface area is 160 Å². The Morgan fingerprint density at radius 1 is 1.21 bits per heavy atom. The summed E-state index contributed by atoms with van der Waals surface area (Å²) < 4.78 is 24.9. The van der Waals surface area contributed by atoms with E-state index in [1.54, 1.807) is 23.5 Å². The molecule has 28 heavy (non-hydrogen) atoms. The van der Waals surface area contributed by atoms with Crippen LogP contribution < -0.4 is 4.74 Å². The van der Waals surface area contributed by atoms with Gasteiger partial charge in [-0.25, -0.2) is 24.1 Å². The molecule has 0 unspecified atom stereocenters. The molecule has 0 spiro atoms. The first kappa shape index (κ1) is 18.1. The van der Waals surface area contributed by atoms with Crippen LogP contribution in [0.3, 0.4) is 0 Å². The zero-order chi connectivity index (χ0) is 19.3. The number of nitrogens with zero attached hydrogens (tertiary/aromatic N) is 5. The number of pyridine rings is 1. The molecule has 8 nitrogen and oxygen atoms in total.